The molecule has 74 heavy (non-hydrogen) atoms. The lowest BCUT2D eigenvalue weighted by molar-refractivity contribution is -0.372. The highest BCUT2D eigenvalue weighted by atomic mass is 32.2. The highest BCUT2D eigenvalue weighted by Crippen LogP contribution is 2.40. The summed E-state index contributed by atoms with van der Waals surface area (Å²) >= 11 is 1.88. The van der Waals surface area contributed by atoms with Crippen LogP contribution in [-0.4, -0.2) is 170 Å². The molecule has 3 aliphatic rings. The molecule has 3 atom stereocenters. The van der Waals surface area contributed by atoms with Gasteiger partial charge in [-0.15, -0.1) is 0 Å². The number of rotatable bonds is 44. The van der Waals surface area contributed by atoms with Crippen LogP contribution < -0.4 is 41.4 Å². The first-order valence-corrected chi connectivity index (χ1v) is 26.1. The van der Waals surface area contributed by atoms with Gasteiger partial charge in [0.05, 0.1) is 52.2 Å². The van der Waals surface area contributed by atoms with Crippen LogP contribution in [0.5, 0.6) is 11.5 Å². The van der Waals surface area contributed by atoms with E-state index in [1.54, 1.807) is 7.11 Å². The van der Waals surface area contributed by atoms with Crippen LogP contribution in [0.1, 0.15) is 56.6 Å². The van der Waals surface area contributed by atoms with E-state index in [-0.39, 0.29) is 122 Å². The van der Waals surface area contributed by atoms with Crippen molar-refractivity contribution in [1.29, 1.82) is 0 Å². The number of nitrogens with one attached hydrogen (secondary N) is 7. The summed E-state index contributed by atoms with van der Waals surface area (Å²) in [6.45, 7) is 3.46. The maximum atomic E-state index is 12.2. The Balaban J connectivity index is 0.612. The number of aromatic amines is 1. The number of unbranched alkanes of at least 4 members (excludes halogenated alkanes) is 1. The lowest BCUT2D eigenvalue weighted by atomic mass is 10.0. The van der Waals surface area contributed by atoms with Crippen LogP contribution in [0.4, 0.5) is 27.7 Å². The average molecular weight is 1070 g/mol. The number of ether oxygens (including phenoxy) is 4. The highest BCUT2D eigenvalue weighted by Gasteiger charge is 2.42. The van der Waals surface area contributed by atoms with E-state index in [4.69, 9.17) is 67.8 Å². The van der Waals surface area contributed by atoms with Crippen molar-refractivity contribution in [2.75, 3.05) is 136 Å². The minimum Gasteiger partial charge on any atom is -0.493 e. The van der Waals surface area contributed by atoms with Crippen molar-refractivity contribution in [2.24, 2.45) is 0 Å². The van der Waals surface area contributed by atoms with Gasteiger partial charge in [-0.05, 0) is 56.0 Å². The molecular formula is C48H72N8O17S. The van der Waals surface area contributed by atoms with Crippen molar-refractivity contribution in [2.45, 2.75) is 68.2 Å². The summed E-state index contributed by atoms with van der Waals surface area (Å²) in [7, 11) is 1.58. The number of amides is 4. The molecule has 3 heterocycles. The molecule has 2 saturated heterocycles. The quantitative estimate of drug-likeness (QED) is 0.0180. The van der Waals surface area contributed by atoms with Gasteiger partial charge in [0.2, 0.25) is 11.8 Å². The predicted molar refractivity (Wildman–Crippen MR) is 268 cm³/mol. The Morgan fingerprint density at radius 2 is 1.20 bits per heavy atom. The zero-order valence-corrected chi connectivity index (χ0v) is 42.7. The SMILES string of the molecule is COc1cc(Nc2cccc(Nc3cc(C4CC4)[nH]n3)c2)ccc1OCCNC(=O)CCOCCOOCCOOCCOOCCOOCCOOCCOCCNC(=O)CCCCC1SCC2NC(=O)NC21. The fraction of sp³-hybridized carbons (Fsp3) is 0.625. The largest absolute Gasteiger partial charge is 0.493 e. The van der Waals surface area contributed by atoms with Crippen molar-refractivity contribution in [3.8, 4) is 11.5 Å². The Morgan fingerprint density at radius 1 is 0.622 bits per heavy atom. The van der Waals surface area contributed by atoms with E-state index in [1.807, 2.05) is 54.2 Å². The molecule has 3 aromatic rings. The number of H-pyrrole nitrogens is 1. The van der Waals surface area contributed by atoms with E-state index in [2.05, 4.69) is 48.2 Å². The Kier molecular flexibility index (Phi) is 27.7. The number of carbonyl (C=O) groups is 3. The Hall–Kier alpha value is -5.07. The van der Waals surface area contributed by atoms with Gasteiger partial charge in [-0.25, -0.2) is 53.7 Å². The molecular weight excluding hydrogens is 993 g/mol. The van der Waals surface area contributed by atoms with E-state index < -0.39 is 0 Å². The van der Waals surface area contributed by atoms with Gasteiger partial charge >= 0.3 is 6.03 Å². The smallest absolute Gasteiger partial charge is 0.315 e. The predicted octanol–water partition coefficient (Wildman–Crippen LogP) is 4.28. The van der Waals surface area contributed by atoms with E-state index in [1.165, 1.54) is 18.5 Å². The maximum Gasteiger partial charge on any atom is 0.315 e. The lowest BCUT2D eigenvalue weighted by Gasteiger charge is -2.16. The number of urea groups is 1. The highest BCUT2D eigenvalue weighted by molar-refractivity contribution is 8.00. The number of fused-ring (bicyclic) bond motifs is 1. The molecule has 412 valence electrons. The van der Waals surface area contributed by atoms with Gasteiger partial charge < -0.3 is 50.8 Å². The summed E-state index contributed by atoms with van der Waals surface area (Å²) in [6.07, 6.45) is 5.80. The third-order valence-electron chi connectivity index (χ3n) is 11.0. The molecule has 7 N–H and O–H groups in total. The molecule has 0 bridgehead atoms. The molecule has 4 amide bonds. The first kappa shape index (κ1) is 58.2. The van der Waals surface area contributed by atoms with Crippen LogP contribution in [-0.2, 0) is 67.9 Å². The van der Waals surface area contributed by atoms with E-state index in [0.29, 0.717) is 55.4 Å². The number of carbonyl (C=O) groups excluding carboxylic acids is 3. The molecule has 1 saturated carbocycles. The van der Waals surface area contributed by atoms with Crippen molar-refractivity contribution in [3.63, 3.8) is 0 Å². The fourth-order valence-corrected chi connectivity index (χ4v) is 8.88. The molecule has 0 radical (unpaired) electrons. The van der Waals surface area contributed by atoms with E-state index in [9.17, 15) is 14.4 Å². The lowest BCUT2D eigenvalue weighted by Crippen LogP contribution is -2.36. The van der Waals surface area contributed by atoms with Gasteiger partial charge in [0.25, 0.3) is 0 Å². The zero-order valence-electron chi connectivity index (χ0n) is 41.9. The molecule has 0 spiro atoms. The molecule has 25 nitrogen and oxygen atoms in total. The van der Waals surface area contributed by atoms with Crippen molar-refractivity contribution in [3.05, 3.63) is 54.2 Å². The van der Waals surface area contributed by atoms with Crippen molar-refractivity contribution < 1.29 is 82.2 Å². The number of anilines is 4. The van der Waals surface area contributed by atoms with Gasteiger partial charge in [0, 0.05) is 71.2 Å². The molecule has 1 aliphatic carbocycles. The molecule has 3 unspecified atom stereocenters. The second-order valence-electron chi connectivity index (χ2n) is 16.8. The van der Waals surface area contributed by atoms with Crippen molar-refractivity contribution in [1.82, 2.24) is 31.5 Å². The third-order valence-corrected chi connectivity index (χ3v) is 12.6. The first-order chi connectivity index (χ1) is 36.4. The number of benzene rings is 2. The first-order valence-electron chi connectivity index (χ1n) is 25.0. The van der Waals surface area contributed by atoms with E-state index >= 15 is 0 Å². The van der Waals surface area contributed by atoms with Gasteiger partial charge in [-0.3, -0.25) is 14.7 Å². The summed E-state index contributed by atoms with van der Waals surface area (Å²) in [5.74, 6) is 3.28. The van der Waals surface area contributed by atoms with Crippen LogP contribution in [0.2, 0.25) is 0 Å². The number of hydrogen-bond donors (Lipinski definition) is 7. The van der Waals surface area contributed by atoms with Gasteiger partial charge in [0.15, 0.2) is 17.3 Å². The molecule has 1 aromatic heterocycles. The van der Waals surface area contributed by atoms with Gasteiger partial charge in [0.1, 0.15) is 72.7 Å². The Bertz CT molecular complexity index is 2060. The normalized spacial score (nSPS) is 16.9. The summed E-state index contributed by atoms with van der Waals surface area (Å²) in [5, 5.41) is 26.3. The Morgan fingerprint density at radius 3 is 1.84 bits per heavy atom. The summed E-state index contributed by atoms with van der Waals surface area (Å²) in [6, 6.07) is 15.9. The number of hydrogen-bond acceptors (Lipinski definition) is 21. The van der Waals surface area contributed by atoms with Crippen molar-refractivity contribution >= 4 is 52.5 Å². The van der Waals surface area contributed by atoms with Gasteiger partial charge in [-0.2, -0.15) is 16.9 Å². The van der Waals surface area contributed by atoms with Crippen LogP contribution in [0.25, 0.3) is 0 Å². The van der Waals surface area contributed by atoms with E-state index in [0.717, 1.165) is 47.9 Å². The second-order valence-corrected chi connectivity index (χ2v) is 18.1. The summed E-state index contributed by atoms with van der Waals surface area (Å²) in [4.78, 5) is 85.6. The molecule has 2 aliphatic heterocycles. The molecule has 6 rings (SSSR count). The van der Waals surface area contributed by atoms with Crippen LogP contribution >= 0.6 is 11.8 Å². The minimum absolute atomic E-state index is 0.000677. The van der Waals surface area contributed by atoms with Crippen LogP contribution in [0, 0.1) is 0 Å². The monoisotopic (exact) mass is 1060 g/mol. The topological polar surface area (TPSA) is 281 Å². The van der Waals surface area contributed by atoms with Gasteiger partial charge in [-0.1, -0.05) is 12.5 Å². The number of aromatic nitrogens is 2. The molecule has 2 aromatic carbocycles. The molecule has 26 heteroatoms. The fourth-order valence-electron chi connectivity index (χ4n) is 7.34. The second kappa shape index (κ2) is 35.2. The number of methoxy groups -OCH3 is 1. The Labute approximate surface area is 434 Å². The average Bonchev–Trinajstić information content (AvgIpc) is 3.87. The summed E-state index contributed by atoms with van der Waals surface area (Å²) < 4.78 is 22.3. The third kappa shape index (κ3) is 23.6. The number of nitrogens with zero attached hydrogens (tertiary/aromatic N) is 1. The standard InChI is InChI=1S/C48H72N8O17S/c1-60-42-32-38(51-36-5-4-6-37(31-36)52-44-33-39(55-56-44)35-9-10-35)11-12-41(42)63-18-15-50-46(58)13-16-61-19-21-64-66-23-25-68-70-27-29-72-73-30-28-71-69-26-24-67-65-22-20-62-17-14-49-45(57)8-3-2-7-43-47-40(34-74-43)53-48(59)54-47/h4-6,11-12,31-33,35,40,43,47,51H,2-3,7-10,13-30,34H2,1H3,(H,49,57)(H,50,58)(H2,52,55,56)(H2,53,54,59). The summed E-state index contributed by atoms with van der Waals surface area (Å²) in [5.41, 5.74) is 3.80. The minimum atomic E-state index is -0.170. The molecule has 3 fully saturated rings. The maximum absolute atomic E-state index is 12.2. The number of thioether (sulfide) groups is 1. The zero-order chi connectivity index (χ0) is 51.7. The van der Waals surface area contributed by atoms with Crippen LogP contribution in [0.15, 0.2) is 48.5 Å². The van der Waals surface area contributed by atoms with Crippen LogP contribution in [0.3, 0.4) is 0 Å².